The molecule has 16 heavy (non-hydrogen) atoms. The smallest absolute Gasteiger partial charge is 0.225 e. The van der Waals surface area contributed by atoms with Gasteiger partial charge in [0.25, 0.3) is 0 Å². The van der Waals surface area contributed by atoms with Gasteiger partial charge < -0.3 is 0 Å². The van der Waals surface area contributed by atoms with Crippen LogP contribution in [0.3, 0.4) is 0 Å². The third kappa shape index (κ3) is 3.91. The summed E-state index contributed by atoms with van der Waals surface area (Å²) in [5.74, 6) is 0. The van der Waals surface area contributed by atoms with E-state index in [2.05, 4.69) is 9.97 Å². The molecule has 0 aliphatic heterocycles. The Morgan fingerprint density at radius 1 is 1.31 bits per heavy atom. The highest BCUT2D eigenvalue weighted by Crippen LogP contribution is 2.14. The predicted octanol–water partition coefficient (Wildman–Crippen LogP) is 0.971. The first-order chi connectivity index (χ1) is 7.21. The van der Waals surface area contributed by atoms with E-state index >= 15 is 0 Å². The topological polar surface area (TPSA) is 72.0 Å². The lowest BCUT2D eigenvalue weighted by Crippen LogP contribution is -2.33. The second-order valence-electron chi connectivity index (χ2n) is 2.63. The lowest BCUT2D eigenvalue weighted by atomic mass is 10.7. The molecule has 0 spiro atoms. The number of alkyl halides is 3. The van der Waals surface area contributed by atoms with Crippen LogP contribution in [0.15, 0.2) is 17.3 Å². The van der Waals surface area contributed by atoms with Gasteiger partial charge in [0.05, 0.1) is 12.4 Å². The van der Waals surface area contributed by atoms with Crippen molar-refractivity contribution in [2.24, 2.45) is 0 Å². The molecule has 1 aromatic heterocycles. The van der Waals surface area contributed by atoms with E-state index < -0.39 is 27.6 Å². The van der Waals surface area contributed by atoms with E-state index in [9.17, 15) is 21.6 Å². The van der Waals surface area contributed by atoms with Gasteiger partial charge in [-0.3, -0.25) is 0 Å². The number of halogens is 4. The summed E-state index contributed by atoms with van der Waals surface area (Å²) in [7, 11) is -4.26. The summed E-state index contributed by atoms with van der Waals surface area (Å²) in [4.78, 5) is 6.20. The number of aromatic nitrogens is 2. The fourth-order valence-electron chi connectivity index (χ4n) is 0.699. The number of nitrogens with one attached hydrogen (secondary N) is 1. The van der Waals surface area contributed by atoms with E-state index in [0.717, 1.165) is 12.4 Å². The SMILES string of the molecule is O=S(=O)(NCC(F)(F)F)c1cnc(Cl)nc1. The summed E-state index contributed by atoms with van der Waals surface area (Å²) in [5, 5.41) is -0.199. The molecule has 5 nitrogen and oxygen atoms in total. The van der Waals surface area contributed by atoms with Crippen LogP contribution < -0.4 is 4.72 Å². The first-order valence-corrected chi connectivity index (χ1v) is 5.61. The highest BCUT2D eigenvalue weighted by Gasteiger charge is 2.30. The van der Waals surface area contributed by atoms with Crippen LogP contribution in [0.1, 0.15) is 0 Å². The van der Waals surface area contributed by atoms with Gasteiger partial charge >= 0.3 is 6.18 Å². The van der Waals surface area contributed by atoms with Crippen molar-refractivity contribution >= 4 is 21.6 Å². The molecular weight excluding hydrogens is 271 g/mol. The van der Waals surface area contributed by atoms with Gasteiger partial charge in [0.2, 0.25) is 15.3 Å². The Morgan fingerprint density at radius 3 is 2.25 bits per heavy atom. The third-order valence-corrected chi connectivity index (χ3v) is 2.92. The molecule has 1 N–H and O–H groups in total. The van der Waals surface area contributed by atoms with E-state index in [0.29, 0.717) is 0 Å². The van der Waals surface area contributed by atoms with Crippen LogP contribution in [0.25, 0.3) is 0 Å². The lowest BCUT2D eigenvalue weighted by molar-refractivity contribution is -0.121. The second kappa shape index (κ2) is 4.52. The molecular formula is C6H5ClF3N3O2S. The molecule has 0 aliphatic carbocycles. The standard InChI is InChI=1S/C6H5ClF3N3O2S/c7-5-11-1-4(2-12-5)16(14,15)13-3-6(8,9)10/h1-2,13H,3H2. The Hall–Kier alpha value is -0.930. The maximum absolute atomic E-state index is 11.8. The van der Waals surface area contributed by atoms with Crippen molar-refractivity contribution in [1.29, 1.82) is 0 Å². The van der Waals surface area contributed by atoms with Crippen LogP contribution in [-0.2, 0) is 10.0 Å². The van der Waals surface area contributed by atoms with Gasteiger partial charge in [-0.2, -0.15) is 13.2 Å². The minimum absolute atomic E-state index is 0.199. The maximum Gasteiger partial charge on any atom is 0.402 e. The number of rotatable bonds is 3. The number of hydrogen-bond acceptors (Lipinski definition) is 4. The van der Waals surface area contributed by atoms with E-state index in [-0.39, 0.29) is 5.28 Å². The molecule has 0 unspecified atom stereocenters. The Morgan fingerprint density at radius 2 is 1.81 bits per heavy atom. The van der Waals surface area contributed by atoms with Gasteiger partial charge in [-0.05, 0) is 11.6 Å². The fourth-order valence-corrected chi connectivity index (χ4v) is 1.70. The molecule has 0 aromatic carbocycles. The van der Waals surface area contributed by atoms with Gasteiger partial charge in [-0.15, -0.1) is 0 Å². The molecule has 1 rings (SSSR count). The zero-order chi connectivity index (χ0) is 12.4. The molecule has 1 heterocycles. The second-order valence-corrected chi connectivity index (χ2v) is 4.73. The van der Waals surface area contributed by atoms with Crippen LogP contribution >= 0.6 is 11.6 Å². The largest absolute Gasteiger partial charge is 0.402 e. The van der Waals surface area contributed by atoms with Crippen LogP contribution in [-0.4, -0.2) is 31.1 Å². The van der Waals surface area contributed by atoms with Crippen molar-refractivity contribution in [2.45, 2.75) is 11.1 Å². The zero-order valence-electron chi connectivity index (χ0n) is 7.49. The molecule has 0 radical (unpaired) electrons. The van der Waals surface area contributed by atoms with Crippen molar-refractivity contribution < 1.29 is 21.6 Å². The van der Waals surface area contributed by atoms with Gasteiger partial charge in [0.15, 0.2) is 0 Å². The molecule has 0 bridgehead atoms. The van der Waals surface area contributed by atoms with Crippen molar-refractivity contribution in [3.8, 4) is 0 Å². The molecule has 0 atom stereocenters. The Labute approximate surface area is 93.7 Å². The maximum atomic E-state index is 11.8. The highest BCUT2D eigenvalue weighted by molar-refractivity contribution is 7.89. The summed E-state index contributed by atoms with van der Waals surface area (Å²) in [6, 6.07) is 0. The van der Waals surface area contributed by atoms with Crippen molar-refractivity contribution in [1.82, 2.24) is 14.7 Å². The van der Waals surface area contributed by atoms with Gasteiger partial charge in [0.1, 0.15) is 11.4 Å². The van der Waals surface area contributed by atoms with Gasteiger partial charge in [-0.25, -0.2) is 23.1 Å². The van der Waals surface area contributed by atoms with E-state index in [1.165, 1.54) is 4.72 Å². The van der Waals surface area contributed by atoms with E-state index in [4.69, 9.17) is 11.6 Å². The monoisotopic (exact) mass is 275 g/mol. The van der Waals surface area contributed by atoms with Crippen LogP contribution in [0.5, 0.6) is 0 Å². The molecule has 0 fully saturated rings. The number of hydrogen-bond donors (Lipinski definition) is 1. The Balaban J connectivity index is 2.83. The summed E-state index contributed by atoms with van der Waals surface area (Å²) in [5.41, 5.74) is 0. The average Bonchev–Trinajstić information content (AvgIpc) is 2.15. The predicted molar refractivity (Wildman–Crippen MR) is 48.3 cm³/mol. The zero-order valence-corrected chi connectivity index (χ0v) is 9.07. The molecule has 90 valence electrons. The summed E-state index contributed by atoms with van der Waals surface area (Å²) < 4.78 is 59.2. The summed E-state index contributed by atoms with van der Waals surface area (Å²) in [6.07, 6.45) is -3.00. The van der Waals surface area contributed by atoms with Crippen LogP contribution in [0, 0.1) is 0 Å². The molecule has 1 aromatic rings. The average molecular weight is 276 g/mol. The first-order valence-electron chi connectivity index (χ1n) is 3.75. The summed E-state index contributed by atoms with van der Waals surface area (Å²) >= 11 is 5.29. The first kappa shape index (κ1) is 13.1. The minimum Gasteiger partial charge on any atom is -0.225 e. The molecule has 0 saturated carbocycles. The van der Waals surface area contributed by atoms with Gasteiger partial charge in [-0.1, -0.05) is 0 Å². The third-order valence-electron chi connectivity index (χ3n) is 1.37. The number of nitrogens with zero attached hydrogens (tertiary/aromatic N) is 2. The van der Waals surface area contributed by atoms with E-state index in [1.54, 1.807) is 0 Å². The van der Waals surface area contributed by atoms with Crippen molar-refractivity contribution in [2.75, 3.05) is 6.54 Å². The molecule has 0 saturated heterocycles. The van der Waals surface area contributed by atoms with Crippen molar-refractivity contribution in [3.63, 3.8) is 0 Å². The van der Waals surface area contributed by atoms with E-state index in [1.807, 2.05) is 0 Å². The highest BCUT2D eigenvalue weighted by atomic mass is 35.5. The minimum atomic E-state index is -4.62. The Bertz CT molecular complexity index is 459. The normalized spacial score (nSPS) is 12.8. The number of sulfonamides is 1. The van der Waals surface area contributed by atoms with Gasteiger partial charge in [0, 0.05) is 0 Å². The Kier molecular flexibility index (Phi) is 3.71. The van der Waals surface area contributed by atoms with Crippen LogP contribution in [0.2, 0.25) is 5.28 Å². The summed E-state index contributed by atoms with van der Waals surface area (Å²) in [6.45, 7) is -1.65. The van der Waals surface area contributed by atoms with Crippen molar-refractivity contribution in [3.05, 3.63) is 17.7 Å². The quantitative estimate of drug-likeness (QED) is 0.835. The van der Waals surface area contributed by atoms with Crippen LogP contribution in [0.4, 0.5) is 13.2 Å². The molecule has 0 amide bonds. The molecule has 0 aliphatic rings. The lowest BCUT2D eigenvalue weighted by Gasteiger charge is -2.08. The fraction of sp³-hybridized carbons (Fsp3) is 0.333. The molecule has 10 heteroatoms.